The number of anilines is 1. The van der Waals surface area contributed by atoms with Crippen molar-refractivity contribution in [2.75, 3.05) is 5.32 Å². The van der Waals surface area contributed by atoms with E-state index < -0.39 is 40.4 Å². The maximum atomic E-state index is 12.8. The van der Waals surface area contributed by atoms with Crippen LogP contribution in [-0.4, -0.2) is 27.5 Å². The molecule has 0 bridgehead atoms. The Bertz CT molecular complexity index is 1300. The molecular weight excluding hydrogens is 463 g/mol. The van der Waals surface area contributed by atoms with Crippen LogP contribution in [0.5, 0.6) is 0 Å². The van der Waals surface area contributed by atoms with Crippen LogP contribution in [0, 0.1) is 10.1 Å². The third-order valence-corrected chi connectivity index (χ3v) is 4.76. The molecule has 2 aromatic carbocycles. The molecule has 1 aromatic heterocycles. The van der Waals surface area contributed by atoms with Gasteiger partial charge in [0.2, 0.25) is 0 Å². The van der Waals surface area contributed by atoms with E-state index in [0.29, 0.717) is 5.52 Å². The van der Waals surface area contributed by atoms with E-state index in [1.165, 1.54) is 29.7 Å². The highest BCUT2D eigenvalue weighted by Gasteiger charge is 2.30. The summed E-state index contributed by atoms with van der Waals surface area (Å²) >= 11 is 0. The van der Waals surface area contributed by atoms with Gasteiger partial charge in [0.1, 0.15) is 0 Å². The molecule has 0 saturated heterocycles. The predicted octanol–water partition coefficient (Wildman–Crippen LogP) is 3.87. The monoisotopic (exact) mass is 481 g/mol. The summed E-state index contributed by atoms with van der Waals surface area (Å²) in [6.07, 6.45) is -5.89. The Balaban J connectivity index is 1.53. The van der Waals surface area contributed by atoms with Gasteiger partial charge in [0, 0.05) is 24.7 Å². The Labute approximate surface area is 189 Å². The van der Waals surface area contributed by atoms with Gasteiger partial charge in [-0.05, 0) is 37.6 Å². The quantitative estimate of drug-likeness (QED) is 0.293. The number of aryl methyl sites for hydroxylation is 1. The number of aromatic nitrogens is 1. The number of alkyl halides is 3. The summed E-state index contributed by atoms with van der Waals surface area (Å²) in [6.45, 7) is 1.31. The Morgan fingerprint density at radius 2 is 1.97 bits per heavy atom. The first-order valence-corrected chi connectivity index (χ1v) is 9.91. The molecule has 1 heterocycles. The predicted molar refractivity (Wildman–Crippen MR) is 112 cm³/mol. The number of nitro groups is 1. The molecule has 3 aromatic rings. The van der Waals surface area contributed by atoms with Gasteiger partial charge >= 0.3 is 17.9 Å². The topological polar surface area (TPSA) is 134 Å². The number of hydrogen-bond donors (Lipinski definition) is 1. The number of ether oxygens (including phenoxy) is 1. The number of benzene rings is 2. The van der Waals surface area contributed by atoms with Crippen LogP contribution in [0.1, 0.15) is 25.3 Å². The van der Waals surface area contributed by atoms with E-state index in [2.05, 4.69) is 5.32 Å². The molecule has 0 saturated carbocycles. The lowest BCUT2D eigenvalue weighted by atomic mass is 10.2. The summed E-state index contributed by atoms with van der Waals surface area (Å²) < 4.78 is 49.5. The average molecular weight is 481 g/mol. The molecule has 1 atom stereocenters. The second kappa shape index (κ2) is 9.77. The minimum atomic E-state index is -4.57. The minimum absolute atomic E-state index is 0.0293. The van der Waals surface area contributed by atoms with Crippen LogP contribution in [0.3, 0.4) is 0 Å². The van der Waals surface area contributed by atoms with E-state index in [1.54, 1.807) is 0 Å². The lowest BCUT2D eigenvalue weighted by molar-refractivity contribution is -0.384. The molecule has 0 spiro atoms. The van der Waals surface area contributed by atoms with Crippen LogP contribution < -0.4 is 11.1 Å². The average Bonchev–Trinajstić information content (AvgIpc) is 3.07. The summed E-state index contributed by atoms with van der Waals surface area (Å²) in [5.74, 6) is -2.33. The molecule has 0 aliphatic rings. The number of esters is 1. The minimum Gasteiger partial charge on any atom is -0.453 e. The molecule has 1 amide bonds. The normalized spacial score (nSPS) is 12.4. The van der Waals surface area contributed by atoms with Gasteiger partial charge in [0.05, 0.1) is 22.1 Å². The number of fused-ring (bicyclic) bond motifs is 1. The van der Waals surface area contributed by atoms with Gasteiger partial charge in [-0.25, -0.2) is 4.79 Å². The summed E-state index contributed by atoms with van der Waals surface area (Å²) in [5, 5.41) is 13.1. The highest BCUT2D eigenvalue weighted by molar-refractivity contribution is 5.95. The summed E-state index contributed by atoms with van der Waals surface area (Å²) in [5.41, 5.74) is -0.936. The van der Waals surface area contributed by atoms with E-state index >= 15 is 0 Å². The third kappa shape index (κ3) is 5.79. The fourth-order valence-electron chi connectivity index (χ4n) is 3.09. The number of oxazole rings is 1. The fraction of sp³-hybridized carbons (Fsp3) is 0.286. The van der Waals surface area contributed by atoms with Crippen molar-refractivity contribution in [3.63, 3.8) is 0 Å². The Kier molecular flexibility index (Phi) is 7.03. The molecule has 0 radical (unpaired) electrons. The van der Waals surface area contributed by atoms with Crippen molar-refractivity contribution in [1.29, 1.82) is 0 Å². The van der Waals surface area contributed by atoms with Gasteiger partial charge < -0.3 is 14.5 Å². The molecule has 1 unspecified atom stereocenters. The smallest absolute Gasteiger partial charge is 0.419 e. The zero-order chi connectivity index (χ0) is 25.0. The molecule has 1 N–H and O–H groups in total. The van der Waals surface area contributed by atoms with Crippen LogP contribution in [0.4, 0.5) is 24.5 Å². The number of rotatable bonds is 8. The lowest BCUT2D eigenvalue weighted by Crippen LogP contribution is -2.30. The van der Waals surface area contributed by atoms with E-state index in [1.807, 2.05) is 0 Å². The van der Waals surface area contributed by atoms with Gasteiger partial charge in [-0.1, -0.05) is 6.07 Å². The first-order chi connectivity index (χ1) is 16.0. The highest BCUT2D eigenvalue weighted by Crippen LogP contribution is 2.30. The molecule has 3 rings (SSSR count). The van der Waals surface area contributed by atoms with E-state index in [0.717, 1.165) is 24.3 Å². The Morgan fingerprint density at radius 1 is 1.24 bits per heavy atom. The zero-order valence-electron chi connectivity index (χ0n) is 17.6. The fourth-order valence-corrected chi connectivity index (χ4v) is 3.09. The van der Waals surface area contributed by atoms with Crippen molar-refractivity contribution >= 4 is 34.4 Å². The maximum absolute atomic E-state index is 12.8. The number of nitrogens with zero attached hydrogens (tertiary/aromatic N) is 2. The molecule has 34 heavy (non-hydrogen) atoms. The third-order valence-electron chi connectivity index (χ3n) is 4.76. The maximum Gasteiger partial charge on any atom is 0.419 e. The van der Waals surface area contributed by atoms with Crippen LogP contribution >= 0.6 is 0 Å². The van der Waals surface area contributed by atoms with Gasteiger partial charge in [0.25, 0.3) is 11.6 Å². The van der Waals surface area contributed by atoms with Crippen molar-refractivity contribution < 1.29 is 36.8 Å². The Morgan fingerprint density at radius 3 is 2.65 bits per heavy atom. The SMILES string of the molecule is CC(OC(=O)CCCn1c(=O)oc2cc([N+](=O)[O-])ccc21)C(=O)Nc1cccc(C(F)(F)F)c1. The largest absolute Gasteiger partial charge is 0.453 e. The van der Waals surface area contributed by atoms with Gasteiger partial charge in [-0.15, -0.1) is 0 Å². The number of nitro benzene ring substituents is 1. The number of halogens is 3. The van der Waals surface area contributed by atoms with Crippen LogP contribution in [0.25, 0.3) is 11.1 Å². The molecule has 180 valence electrons. The highest BCUT2D eigenvalue weighted by atomic mass is 19.4. The number of non-ortho nitro benzene ring substituents is 1. The van der Waals surface area contributed by atoms with Gasteiger partial charge in [-0.3, -0.25) is 24.3 Å². The number of nitrogens with one attached hydrogen (secondary N) is 1. The number of amides is 1. The summed E-state index contributed by atoms with van der Waals surface area (Å²) in [7, 11) is 0. The van der Waals surface area contributed by atoms with Crippen molar-refractivity contribution in [3.8, 4) is 0 Å². The second-order valence-electron chi connectivity index (χ2n) is 7.23. The van der Waals surface area contributed by atoms with Crippen molar-refractivity contribution in [2.45, 2.75) is 38.6 Å². The van der Waals surface area contributed by atoms with E-state index in [4.69, 9.17) is 9.15 Å². The van der Waals surface area contributed by atoms with E-state index in [9.17, 15) is 37.7 Å². The molecule has 10 nitrogen and oxygen atoms in total. The molecule has 0 aliphatic heterocycles. The second-order valence-corrected chi connectivity index (χ2v) is 7.23. The number of hydrogen-bond acceptors (Lipinski definition) is 7. The molecule has 0 fully saturated rings. The Hall–Kier alpha value is -4.16. The van der Waals surface area contributed by atoms with Gasteiger partial charge in [-0.2, -0.15) is 13.2 Å². The summed E-state index contributed by atoms with van der Waals surface area (Å²) in [4.78, 5) is 46.4. The number of carbonyl (C=O) groups excluding carboxylic acids is 2. The van der Waals surface area contributed by atoms with Crippen molar-refractivity contribution in [1.82, 2.24) is 4.57 Å². The standard InChI is InChI=1S/C21H18F3N3O7/c1-12(19(29)25-14-5-2-4-13(10-14)21(22,23)24)33-18(28)6-3-9-26-16-8-7-15(27(31)32)11-17(16)34-20(26)30/h2,4-5,7-8,10-12H,3,6,9H2,1H3,(H,25,29). The molecule has 0 aliphatic carbocycles. The van der Waals surface area contributed by atoms with E-state index in [-0.39, 0.29) is 36.3 Å². The van der Waals surface area contributed by atoms with Gasteiger partial charge in [0.15, 0.2) is 11.7 Å². The first kappa shape index (κ1) is 24.5. The van der Waals surface area contributed by atoms with Crippen LogP contribution in [-0.2, 0) is 27.0 Å². The zero-order valence-corrected chi connectivity index (χ0v) is 17.6. The van der Waals surface area contributed by atoms with Crippen LogP contribution in [0.2, 0.25) is 0 Å². The lowest BCUT2D eigenvalue weighted by Gasteiger charge is -2.14. The molecular formula is C21H18F3N3O7. The van der Waals surface area contributed by atoms with Crippen molar-refractivity contribution in [2.24, 2.45) is 0 Å². The number of carbonyl (C=O) groups is 2. The van der Waals surface area contributed by atoms with Crippen molar-refractivity contribution in [3.05, 3.63) is 68.7 Å². The first-order valence-electron chi connectivity index (χ1n) is 9.91. The van der Waals surface area contributed by atoms with Crippen LogP contribution in [0.15, 0.2) is 51.7 Å². The summed E-state index contributed by atoms with van der Waals surface area (Å²) in [6, 6.07) is 7.71. The molecule has 13 heteroatoms.